The molecular weight excluding hydrogens is 323 g/mol. The molecule has 1 aliphatic heterocycles. The Labute approximate surface area is 143 Å². The van der Waals surface area contributed by atoms with Crippen LogP contribution in [-0.2, 0) is 11.2 Å². The van der Waals surface area contributed by atoms with Crippen molar-refractivity contribution in [3.05, 3.63) is 24.0 Å². The lowest BCUT2D eigenvalue weighted by atomic mass is 10.1. The summed E-state index contributed by atoms with van der Waals surface area (Å²) in [5.41, 5.74) is 6.97. The lowest BCUT2D eigenvalue weighted by Crippen LogP contribution is -2.32. The van der Waals surface area contributed by atoms with E-state index < -0.39 is 0 Å². The molecule has 0 bridgehead atoms. The standard InChI is InChI=1S/C15H22N4O.2ClH/c16-12-1-2-13(17-9-12)7-15(20)18-8-11-5-6-19(10-11)14-3-4-14;;/h1-2,9,11,14H,3-8,10,16H2,(H,18,20);2*1H. The highest BCUT2D eigenvalue weighted by molar-refractivity contribution is 5.85. The zero-order chi connectivity index (χ0) is 13.9. The van der Waals surface area contributed by atoms with Gasteiger partial charge in [-0.3, -0.25) is 9.78 Å². The van der Waals surface area contributed by atoms with E-state index in [2.05, 4.69) is 15.2 Å². The third-order valence-corrected chi connectivity index (χ3v) is 4.16. The van der Waals surface area contributed by atoms with Crippen molar-refractivity contribution in [1.82, 2.24) is 15.2 Å². The largest absolute Gasteiger partial charge is 0.397 e. The fourth-order valence-electron chi connectivity index (χ4n) is 2.83. The van der Waals surface area contributed by atoms with Gasteiger partial charge < -0.3 is 16.0 Å². The highest BCUT2D eigenvalue weighted by Crippen LogP contribution is 2.31. The number of likely N-dealkylation sites (tertiary alicyclic amines) is 1. The van der Waals surface area contributed by atoms with E-state index in [1.54, 1.807) is 18.3 Å². The summed E-state index contributed by atoms with van der Waals surface area (Å²) in [5, 5.41) is 3.03. The molecule has 1 unspecified atom stereocenters. The highest BCUT2D eigenvalue weighted by Gasteiger charge is 2.34. The van der Waals surface area contributed by atoms with Crippen LogP contribution in [-0.4, -0.2) is 41.5 Å². The van der Waals surface area contributed by atoms with Crippen LogP contribution in [0.2, 0.25) is 0 Å². The molecule has 1 aromatic rings. The second-order valence-electron chi connectivity index (χ2n) is 5.94. The maximum Gasteiger partial charge on any atom is 0.226 e. The van der Waals surface area contributed by atoms with Gasteiger partial charge in [0.2, 0.25) is 5.91 Å². The van der Waals surface area contributed by atoms with Crippen molar-refractivity contribution in [2.75, 3.05) is 25.4 Å². The molecule has 124 valence electrons. The van der Waals surface area contributed by atoms with E-state index in [1.807, 2.05) is 0 Å². The monoisotopic (exact) mass is 346 g/mol. The first-order valence-electron chi connectivity index (χ1n) is 7.42. The summed E-state index contributed by atoms with van der Waals surface area (Å²) in [6.45, 7) is 3.13. The number of anilines is 1. The van der Waals surface area contributed by atoms with Gasteiger partial charge in [-0.2, -0.15) is 0 Å². The van der Waals surface area contributed by atoms with E-state index in [0.29, 0.717) is 18.0 Å². The van der Waals surface area contributed by atoms with Gasteiger partial charge in [-0.1, -0.05) is 0 Å². The zero-order valence-electron chi connectivity index (χ0n) is 12.5. The van der Waals surface area contributed by atoms with E-state index in [0.717, 1.165) is 24.8 Å². The molecule has 2 fully saturated rings. The molecule has 0 aromatic carbocycles. The molecule has 7 heteroatoms. The first-order chi connectivity index (χ1) is 9.70. The number of nitrogens with zero attached hydrogens (tertiary/aromatic N) is 2. The van der Waals surface area contributed by atoms with Crippen LogP contribution in [0.25, 0.3) is 0 Å². The van der Waals surface area contributed by atoms with Crippen molar-refractivity contribution in [1.29, 1.82) is 0 Å². The molecule has 1 atom stereocenters. The maximum absolute atomic E-state index is 11.9. The number of amides is 1. The first kappa shape index (κ1) is 19.0. The molecule has 0 radical (unpaired) electrons. The molecular formula is C15H24Cl2N4O. The molecule has 1 amide bonds. The zero-order valence-corrected chi connectivity index (χ0v) is 14.2. The Kier molecular flexibility index (Phi) is 7.39. The number of pyridine rings is 1. The Bertz CT molecular complexity index is 479. The molecule has 3 N–H and O–H groups in total. The van der Waals surface area contributed by atoms with Crippen LogP contribution < -0.4 is 11.1 Å². The van der Waals surface area contributed by atoms with Gasteiger partial charge in [0.15, 0.2) is 0 Å². The number of nitrogens with two attached hydrogens (primary N) is 1. The second-order valence-corrected chi connectivity index (χ2v) is 5.94. The highest BCUT2D eigenvalue weighted by atomic mass is 35.5. The van der Waals surface area contributed by atoms with Crippen LogP contribution in [0.1, 0.15) is 25.0 Å². The fourth-order valence-corrected chi connectivity index (χ4v) is 2.83. The van der Waals surface area contributed by atoms with Gasteiger partial charge in [0.25, 0.3) is 0 Å². The van der Waals surface area contributed by atoms with Crippen LogP contribution in [0, 0.1) is 5.92 Å². The van der Waals surface area contributed by atoms with Crippen LogP contribution in [0.15, 0.2) is 18.3 Å². The van der Waals surface area contributed by atoms with E-state index in [9.17, 15) is 4.79 Å². The Morgan fingerprint density at radius 3 is 2.73 bits per heavy atom. The smallest absolute Gasteiger partial charge is 0.226 e. The van der Waals surface area contributed by atoms with Crippen molar-refractivity contribution in [2.45, 2.75) is 31.7 Å². The number of aromatic nitrogens is 1. The summed E-state index contributed by atoms with van der Waals surface area (Å²) in [4.78, 5) is 18.6. The summed E-state index contributed by atoms with van der Waals surface area (Å²) >= 11 is 0. The van der Waals surface area contributed by atoms with Crippen molar-refractivity contribution in [3.63, 3.8) is 0 Å². The third kappa shape index (κ3) is 5.30. The van der Waals surface area contributed by atoms with E-state index >= 15 is 0 Å². The molecule has 5 nitrogen and oxygen atoms in total. The molecule has 22 heavy (non-hydrogen) atoms. The minimum absolute atomic E-state index is 0. The molecule has 2 aliphatic rings. The van der Waals surface area contributed by atoms with Crippen molar-refractivity contribution in [3.8, 4) is 0 Å². The molecule has 0 spiro atoms. The van der Waals surface area contributed by atoms with Crippen LogP contribution >= 0.6 is 24.8 Å². The first-order valence-corrected chi connectivity index (χ1v) is 7.42. The van der Waals surface area contributed by atoms with Crippen LogP contribution in [0.3, 0.4) is 0 Å². The summed E-state index contributed by atoms with van der Waals surface area (Å²) < 4.78 is 0. The minimum atomic E-state index is 0. The molecule has 3 rings (SSSR count). The number of halogens is 2. The van der Waals surface area contributed by atoms with E-state index in [4.69, 9.17) is 5.73 Å². The average Bonchev–Trinajstić information content (AvgIpc) is 3.18. The normalized spacial score (nSPS) is 20.8. The molecule has 1 saturated carbocycles. The molecule has 1 aliphatic carbocycles. The number of nitrogen functional groups attached to an aromatic ring is 1. The lowest BCUT2D eigenvalue weighted by Gasteiger charge is -2.15. The van der Waals surface area contributed by atoms with E-state index in [-0.39, 0.29) is 30.7 Å². The Morgan fingerprint density at radius 1 is 1.32 bits per heavy atom. The average molecular weight is 347 g/mol. The van der Waals surface area contributed by atoms with Gasteiger partial charge in [0, 0.05) is 24.8 Å². The number of hydrogen-bond donors (Lipinski definition) is 2. The molecule has 1 aromatic heterocycles. The predicted octanol–water partition coefficient (Wildman–Crippen LogP) is 1.65. The maximum atomic E-state index is 11.9. The number of nitrogens with one attached hydrogen (secondary N) is 1. The summed E-state index contributed by atoms with van der Waals surface area (Å²) in [7, 11) is 0. The Balaban J connectivity index is 0.00000121. The lowest BCUT2D eigenvalue weighted by molar-refractivity contribution is -0.120. The second kappa shape index (κ2) is 8.56. The fraction of sp³-hybridized carbons (Fsp3) is 0.600. The third-order valence-electron chi connectivity index (χ3n) is 4.16. The van der Waals surface area contributed by atoms with E-state index in [1.165, 1.54) is 25.8 Å². The number of carbonyl (C=O) groups excluding carboxylic acids is 1. The Morgan fingerprint density at radius 2 is 2.09 bits per heavy atom. The summed E-state index contributed by atoms with van der Waals surface area (Å²) in [5.74, 6) is 0.658. The predicted molar refractivity (Wildman–Crippen MR) is 92.6 cm³/mol. The molecule has 2 heterocycles. The molecule has 1 saturated heterocycles. The van der Waals surface area contributed by atoms with Gasteiger partial charge in [-0.05, 0) is 43.9 Å². The Hall–Kier alpha value is -1.04. The summed E-state index contributed by atoms with van der Waals surface area (Å²) in [6, 6.07) is 4.43. The van der Waals surface area contributed by atoms with Crippen LogP contribution in [0.5, 0.6) is 0 Å². The number of carbonyl (C=O) groups is 1. The van der Waals surface area contributed by atoms with Gasteiger partial charge in [-0.15, -0.1) is 24.8 Å². The van der Waals surface area contributed by atoms with Gasteiger partial charge in [0.1, 0.15) is 0 Å². The van der Waals surface area contributed by atoms with Crippen LogP contribution in [0.4, 0.5) is 5.69 Å². The van der Waals surface area contributed by atoms with Gasteiger partial charge in [-0.25, -0.2) is 0 Å². The van der Waals surface area contributed by atoms with Crippen molar-refractivity contribution in [2.24, 2.45) is 5.92 Å². The minimum Gasteiger partial charge on any atom is -0.397 e. The van der Waals surface area contributed by atoms with Gasteiger partial charge >= 0.3 is 0 Å². The number of rotatable bonds is 5. The SMILES string of the molecule is Cl.Cl.Nc1ccc(CC(=O)NCC2CCN(C3CC3)C2)nc1. The van der Waals surface area contributed by atoms with Crippen molar-refractivity contribution < 1.29 is 4.79 Å². The summed E-state index contributed by atoms with van der Waals surface area (Å²) in [6.07, 6.45) is 5.85. The topological polar surface area (TPSA) is 71.2 Å². The van der Waals surface area contributed by atoms with Gasteiger partial charge in [0.05, 0.1) is 18.3 Å². The van der Waals surface area contributed by atoms with Crippen molar-refractivity contribution >= 4 is 36.4 Å². The quantitative estimate of drug-likeness (QED) is 0.850. The number of hydrogen-bond acceptors (Lipinski definition) is 4.